The van der Waals surface area contributed by atoms with Crippen molar-refractivity contribution in [1.82, 2.24) is 15.4 Å². The molecular weight excluding hydrogens is 342 g/mol. The van der Waals surface area contributed by atoms with Crippen LogP contribution in [0.5, 0.6) is 5.75 Å². The van der Waals surface area contributed by atoms with Gasteiger partial charge in [-0.3, -0.25) is 4.79 Å². The average Bonchev–Trinajstić information content (AvgIpc) is 3.02. The van der Waals surface area contributed by atoms with Gasteiger partial charge in [0.15, 0.2) is 0 Å². The highest BCUT2D eigenvalue weighted by Crippen LogP contribution is 2.18. The first-order valence-electron chi connectivity index (χ1n) is 9.78. The number of carbonyl (C=O) groups excluding carboxylic acids is 1. The van der Waals surface area contributed by atoms with Crippen LogP contribution < -0.4 is 10.1 Å². The summed E-state index contributed by atoms with van der Waals surface area (Å²) in [6, 6.07) is 7.28. The fourth-order valence-corrected chi connectivity index (χ4v) is 3.38. The normalized spacial score (nSPS) is 14.9. The molecule has 0 unspecified atom stereocenters. The number of aromatic nitrogens is 1. The largest absolute Gasteiger partial charge is 0.489 e. The smallest absolute Gasteiger partial charge is 0.251 e. The fourth-order valence-electron chi connectivity index (χ4n) is 3.38. The van der Waals surface area contributed by atoms with Gasteiger partial charge in [0.2, 0.25) is 0 Å². The van der Waals surface area contributed by atoms with Gasteiger partial charge in [-0.15, -0.1) is 0 Å². The molecule has 2 aromatic rings. The third-order valence-corrected chi connectivity index (χ3v) is 5.05. The van der Waals surface area contributed by atoms with Gasteiger partial charge >= 0.3 is 0 Å². The molecule has 1 aromatic carbocycles. The average molecular weight is 371 g/mol. The van der Waals surface area contributed by atoms with Gasteiger partial charge in [-0.05, 0) is 70.9 Å². The molecule has 1 N–H and O–H groups in total. The molecule has 1 saturated heterocycles. The zero-order valence-corrected chi connectivity index (χ0v) is 16.3. The number of nitrogens with zero attached hydrogens (tertiary/aromatic N) is 2. The Bertz CT molecular complexity index is 731. The Hall–Kier alpha value is -2.34. The van der Waals surface area contributed by atoms with Crippen molar-refractivity contribution in [1.29, 1.82) is 0 Å². The van der Waals surface area contributed by atoms with Gasteiger partial charge in [0.05, 0.1) is 11.3 Å². The monoisotopic (exact) mass is 371 g/mol. The molecule has 2 heterocycles. The molecule has 0 atom stereocenters. The summed E-state index contributed by atoms with van der Waals surface area (Å²) >= 11 is 0. The van der Waals surface area contributed by atoms with Gasteiger partial charge in [-0.25, -0.2) is 0 Å². The first-order valence-corrected chi connectivity index (χ1v) is 9.78. The van der Waals surface area contributed by atoms with E-state index in [-0.39, 0.29) is 5.91 Å². The Labute approximate surface area is 160 Å². The van der Waals surface area contributed by atoms with E-state index in [0.717, 1.165) is 30.0 Å². The quantitative estimate of drug-likeness (QED) is 0.720. The van der Waals surface area contributed by atoms with Crippen molar-refractivity contribution < 1.29 is 14.1 Å². The van der Waals surface area contributed by atoms with Crippen LogP contribution in [0.3, 0.4) is 0 Å². The van der Waals surface area contributed by atoms with Crippen molar-refractivity contribution in [2.24, 2.45) is 0 Å². The highest BCUT2D eigenvalue weighted by Gasteiger charge is 2.12. The maximum Gasteiger partial charge on any atom is 0.251 e. The van der Waals surface area contributed by atoms with Gasteiger partial charge in [-0.2, -0.15) is 0 Å². The van der Waals surface area contributed by atoms with Crippen LogP contribution in [0.2, 0.25) is 0 Å². The Morgan fingerprint density at radius 2 is 2.07 bits per heavy atom. The second kappa shape index (κ2) is 9.55. The molecule has 0 bridgehead atoms. The molecule has 0 radical (unpaired) electrons. The maximum atomic E-state index is 12.4. The number of likely N-dealkylation sites (tertiary alicyclic amines) is 1. The third kappa shape index (κ3) is 5.57. The van der Waals surface area contributed by atoms with E-state index in [2.05, 4.69) is 15.4 Å². The van der Waals surface area contributed by atoms with Gasteiger partial charge in [0.25, 0.3) is 5.91 Å². The molecule has 1 amide bonds. The predicted octanol–water partition coefficient (Wildman–Crippen LogP) is 3.48. The number of ether oxygens (including phenoxy) is 1. The lowest BCUT2D eigenvalue weighted by atomic mass is 10.1. The van der Waals surface area contributed by atoms with E-state index in [4.69, 9.17) is 9.26 Å². The lowest BCUT2D eigenvalue weighted by Gasteiger charge is -2.26. The maximum absolute atomic E-state index is 12.4. The van der Waals surface area contributed by atoms with Crippen LogP contribution in [-0.2, 0) is 6.61 Å². The molecule has 0 aliphatic carbocycles. The lowest BCUT2D eigenvalue weighted by Crippen LogP contribution is -2.33. The minimum absolute atomic E-state index is 0.0589. The van der Waals surface area contributed by atoms with E-state index in [1.54, 1.807) is 6.07 Å². The molecule has 1 aliphatic rings. The fraction of sp³-hybridized carbons (Fsp3) is 0.524. The summed E-state index contributed by atoms with van der Waals surface area (Å²) in [6.07, 6.45) is 4.93. The number of aryl methyl sites for hydroxylation is 2. The molecule has 146 valence electrons. The Balaban J connectivity index is 1.45. The highest BCUT2D eigenvalue weighted by molar-refractivity contribution is 5.94. The van der Waals surface area contributed by atoms with E-state index in [9.17, 15) is 4.79 Å². The third-order valence-electron chi connectivity index (χ3n) is 5.05. The minimum Gasteiger partial charge on any atom is -0.489 e. The summed E-state index contributed by atoms with van der Waals surface area (Å²) in [6.45, 7) is 8.27. The Kier molecular flexibility index (Phi) is 6.87. The summed E-state index contributed by atoms with van der Waals surface area (Å²) in [7, 11) is 0. The van der Waals surface area contributed by atoms with Gasteiger partial charge in [0.1, 0.15) is 18.1 Å². The van der Waals surface area contributed by atoms with Gasteiger partial charge < -0.3 is 19.5 Å². The first-order chi connectivity index (χ1) is 13.1. The summed E-state index contributed by atoms with van der Waals surface area (Å²) in [5.41, 5.74) is 2.39. The van der Waals surface area contributed by atoms with Crippen molar-refractivity contribution in [3.05, 3.63) is 46.8 Å². The van der Waals surface area contributed by atoms with E-state index < -0.39 is 0 Å². The number of hydrogen-bond donors (Lipinski definition) is 1. The van der Waals surface area contributed by atoms with E-state index in [1.807, 2.05) is 32.0 Å². The molecule has 1 aliphatic heterocycles. The van der Waals surface area contributed by atoms with E-state index >= 15 is 0 Å². The number of carbonyl (C=O) groups is 1. The van der Waals surface area contributed by atoms with Crippen LogP contribution in [0, 0.1) is 13.8 Å². The van der Waals surface area contributed by atoms with Crippen LogP contribution in [0.25, 0.3) is 0 Å². The molecule has 3 rings (SSSR count). The molecule has 27 heavy (non-hydrogen) atoms. The molecular formula is C21H29N3O3. The Morgan fingerprint density at radius 3 is 2.81 bits per heavy atom. The number of rotatable bonds is 8. The van der Waals surface area contributed by atoms with Crippen molar-refractivity contribution in [3.63, 3.8) is 0 Å². The van der Waals surface area contributed by atoms with Crippen molar-refractivity contribution in [2.45, 2.75) is 46.1 Å². The van der Waals surface area contributed by atoms with Crippen LogP contribution in [0.1, 0.15) is 53.1 Å². The highest BCUT2D eigenvalue weighted by atomic mass is 16.5. The van der Waals surface area contributed by atoms with E-state index in [1.165, 1.54) is 32.4 Å². The summed E-state index contributed by atoms with van der Waals surface area (Å²) < 4.78 is 11.0. The number of amides is 1. The van der Waals surface area contributed by atoms with Crippen molar-refractivity contribution >= 4 is 5.91 Å². The second-order valence-electron chi connectivity index (χ2n) is 7.13. The summed E-state index contributed by atoms with van der Waals surface area (Å²) in [4.78, 5) is 14.9. The van der Waals surface area contributed by atoms with Crippen LogP contribution in [0.4, 0.5) is 0 Å². The van der Waals surface area contributed by atoms with Crippen LogP contribution in [-0.4, -0.2) is 42.1 Å². The topological polar surface area (TPSA) is 67.6 Å². The van der Waals surface area contributed by atoms with Crippen molar-refractivity contribution in [3.8, 4) is 5.75 Å². The second-order valence-corrected chi connectivity index (χ2v) is 7.13. The van der Waals surface area contributed by atoms with Crippen molar-refractivity contribution in [2.75, 3.05) is 26.2 Å². The first kappa shape index (κ1) is 19.4. The van der Waals surface area contributed by atoms with Gasteiger partial charge in [0, 0.05) is 12.1 Å². The molecule has 1 fully saturated rings. The zero-order valence-electron chi connectivity index (χ0n) is 16.3. The summed E-state index contributed by atoms with van der Waals surface area (Å²) in [5.74, 6) is 1.36. The molecule has 0 saturated carbocycles. The van der Waals surface area contributed by atoms with E-state index in [0.29, 0.717) is 24.5 Å². The number of hydrogen-bond acceptors (Lipinski definition) is 5. The lowest BCUT2D eigenvalue weighted by molar-refractivity contribution is 0.0950. The number of benzene rings is 1. The molecule has 6 nitrogen and oxygen atoms in total. The van der Waals surface area contributed by atoms with Crippen LogP contribution in [0.15, 0.2) is 28.8 Å². The molecule has 6 heteroatoms. The number of nitrogens with one attached hydrogen (secondary N) is 1. The molecule has 0 spiro atoms. The van der Waals surface area contributed by atoms with Crippen LogP contribution >= 0.6 is 0 Å². The summed E-state index contributed by atoms with van der Waals surface area (Å²) in [5, 5.41) is 6.93. The SMILES string of the molecule is Cc1noc(C)c1COc1cccc(C(=O)NCCCN2CCCCC2)c1. The minimum atomic E-state index is -0.0589. The zero-order chi connectivity index (χ0) is 19.1. The number of piperidine rings is 1. The predicted molar refractivity (Wildman–Crippen MR) is 104 cm³/mol. The Morgan fingerprint density at radius 1 is 1.26 bits per heavy atom. The standard InChI is InChI=1S/C21H29N3O3/c1-16-20(17(2)27-23-16)15-26-19-9-6-8-18(14-19)21(25)22-10-7-13-24-11-4-3-5-12-24/h6,8-9,14H,3-5,7,10-13,15H2,1-2H3,(H,22,25). The van der Waals surface area contributed by atoms with Gasteiger partial charge in [-0.1, -0.05) is 17.6 Å². The molecule has 1 aromatic heterocycles.